The number of rotatable bonds is 3. The molecule has 86 valence electrons. The van der Waals surface area contributed by atoms with Crippen LogP contribution in [0.2, 0.25) is 0 Å². The number of hydrogen-bond donors (Lipinski definition) is 0. The van der Waals surface area contributed by atoms with Crippen LogP contribution in [-0.2, 0) is 9.53 Å². The van der Waals surface area contributed by atoms with Crippen molar-refractivity contribution in [2.45, 2.75) is 33.1 Å². The average Bonchev–Trinajstić information content (AvgIpc) is 2.00. The number of hydrogen-bond acceptors (Lipinski definition) is 2. The van der Waals surface area contributed by atoms with Gasteiger partial charge < -0.3 is 4.74 Å². The summed E-state index contributed by atoms with van der Waals surface area (Å²) in [7, 11) is 0. The van der Waals surface area contributed by atoms with Crippen LogP contribution in [0.25, 0.3) is 0 Å². The van der Waals surface area contributed by atoms with Crippen molar-refractivity contribution in [3.63, 3.8) is 0 Å². The van der Waals surface area contributed by atoms with E-state index in [1.165, 1.54) is 20.8 Å². The SMILES string of the molecule is C=C(C)C(=O)OC(C=C(C)C)C(F)(F)F. The quantitative estimate of drug-likeness (QED) is 0.417. The van der Waals surface area contributed by atoms with Crippen molar-refractivity contribution >= 4 is 5.97 Å². The van der Waals surface area contributed by atoms with Crippen molar-refractivity contribution < 1.29 is 22.7 Å². The molecule has 0 aliphatic carbocycles. The first kappa shape index (κ1) is 13.7. The van der Waals surface area contributed by atoms with Crippen molar-refractivity contribution in [3.05, 3.63) is 23.8 Å². The monoisotopic (exact) mass is 222 g/mol. The van der Waals surface area contributed by atoms with Gasteiger partial charge in [-0.2, -0.15) is 13.2 Å². The van der Waals surface area contributed by atoms with Crippen LogP contribution in [0.5, 0.6) is 0 Å². The zero-order valence-electron chi connectivity index (χ0n) is 8.81. The summed E-state index contributed by atoms with van der Waals surface area (Å²) in [5, 5.41) is 0. The van der Waals surface area contributed by atoms with E-state index in [-0.39, 0.29) is 5.57 Å². The molecular weight excluding hydrogens is 209 g/mol. The summed E-state index contributed by atoms with van der Waals surface area (Å²) in [6.45, 7) is 7.48. The summed E-state index contributed by atoms with van der Waals surface area (Å²) in [4.78, 5) is 10.9. The molecule has 0 amide bonds. The Balaban J connectivity index is 4.76. The normalized spacial score (nSPS) is 12.9. The van der Waals surface area contributed by atoms with E-state index in [0.29, 0.717) is 5.57 Å². The van der Waals surface area contributed by atoms with Crippen molar-refractivity contribution in [1.29, 1.82) is 0 Å². The van der Waals surface area contributed by atoms with Crippen LogP contribution < -0.4 is 0 Å². The van der Waals surface area contributed by atoms with Crippen LogP contribution in [0.3, 0.4) is 0 Å². The lowest BCUT2D eigenvalue weighted by Crippen LogP contribution is -2.32. The Labute approximate surface area is 86.4 Å². The third-order valence-electron chi connectivity index (χ3n) is 1.39. The number of halogens is 3. The molecule has 0 fully saturated rings. The van der Waals surface area contributed by atoms with Gasteiger partial charge in [0, 0.05) is 5.57 Å². The zero-order valence-corrected chi connectivity index (χ0v) is 8.81. The van der Waals surface area contributed by atoms with Crippen molar-refractivity contribution in [2.75, 3.05) is 0 Å². The largest absolute Gasteiger partial charge is 0.445 e. The van der Waals surface area contributed by atoms with Crippen molar-refractivity contribution in [1.82, 2.24) is 0 Å². The number of carbonyl (C=O) groups is 1. The minimum absolute atomic E-state index is 0.0635. The summed E-state index contributed by atoms with van der Waals surface area (Å²) < 4.78 is 41.3. The van der Waals surface area contributed by atoms with E-state index in [9.17, 15) is 18.0 Å². The van der Waals surface area contributed by atoms with Crippen LogP contribution >= 0.6 is 0 Å². The summed E-state index contributed by atoms with van der Waals surface area (Å²) in [5.74, 6) is -1.05. The predicted molar refractivity (Wildman–Crippen MR) is 50.2 cm³/mol. The van der Waals surface area contributed by atoms with Gasteiger partial charge in [-0.15, -0.1) is 0 Å². The number of ether oxygens (including phenoxy) is 1. The topological polar surface area (TPSA) is 26.3 Å². The first-order valence-corrected chi connectivity index (χ1v) is 4.23. The highest BCUT2D eigenvalue weighted by molar-refractivity contribution is 5.87. The number of allylic oxidation sites excluding steroid dienone is 1. The molecule has 0 aromatic carbocycles. The summed E-state index contributed by atoms with van der Waals surface area (Å²) >= 11 is 0. The lowest BCUT2D eigenvalue weighted by Gasteiger charge is -2.18. The molecule has 0 saturated heterocycles. The van der Waals surface area contributed by atoms with E-state index in [2.05, 4.69) is 11.3 Å². The second-order valence-electron chi connectivity index (χ2n) is 3.39. The molecule has 0 rings (SSSR count). The first-order valence-electron chi connectivity index (χ1n) is 4.23. The first-order chi connectivity index (χ1) is 6.64. The Hall–Kier alpha value is -1.26. The van der Waals surface area contributed by atoms with Gasteiger partial charge in [0.25, 0.3) is 0 Å². The van der Waals surface area contributed by atoms with E-state index in [1.807, 2.05) is 0 Å². The van der Waals surface area contributed by atoms with Crippen molar-refractivity contribution in [2.24, 2.45) is 0 Å². The molecule has 0 radical (unpaired) electrons. The molecule has 0 aliphatic rings. The van der Waals surface area contributed by atoms with Gasteiger partial charge in [0.1, 0.15) is 0 Å². The molecule has 0 bridgehead atoms. The van der Waals surface area contributed by atoms with Crippen LogP contribution in [0.15, 0.2) is 23.8 Å². The smallest absolute Gasteiger partial charge is 0.429 e. The third-order valence-corrected chi connectivity index (χ3v) is 1.39. The van der Waals surface area contributed by atoms with Crippen molar-refractivity contribution in [3.8, 4) is 0 Å². The average molecular weight is 222 g/mol. The standard InChI is InChI=1S/C10H13F3O2/c1-6(2)5-8(10(11,12)13)15-9(14)7(3)4/h5,8H,3H2,1-2,4H3. The molecule has 0 N–H and O–H groups in total. The van der Waals surface area contributed by atoms with Gasteiger partial charge in [0.2, 0.25) is 6.10 Å². The van der Waals surface area contributed by atoms with Crippen LogP contribution in [-0.4, -0.2) is 18.2 Å². The van der Waals surface area contributed by atoms with Gasteiger partial charge in [-0.25, -0.2) is 4.79 Å². The molecule has 15 heavy (non-hydrogen) atoms. The van der Waals surface area contributed by atoms with E-state index in [4.69, 9.17) is 0 Å². The van der Waals surface area contributed by atoms with Gasteiger partial charge >= 0.3 is 12.1 Å². The molecule has 0 aromatic rings. The minimum atomic E-state index is -4.59. The predicted octanol–water partition coefficient (Wildman–Crippen LogP) is 3.00. The molecule has 1 unspecified atom stereocenters. The maximum absolute atomic E-state index is 12.4. The third kappa shape index (κ3) is 5.24. The molecule has 0 heterocycles. The van der Waals surface area contributed by atoms with Gasteiger partial charge in [0.15, 0.2) is 0 Å². The van der Waals surface area contributed by atoms with Gasteiger partial charge in [-0.3, -0.25) is 0 Å². The fourth-order valence-corrected chi connectivity index (χ4v) is 0.714. The Morgan fingerprint density at radius 1 is 1.33 bits per heavy atom. The van der Waals surface area contributed by atoms with Crippen LogP contribution in [0.4, 0.5) is 13.2 Å². The molecule has 0 aromatic heterocycles. The van der Waals surface area contributed by atoms with Crippen LogP contribution in [0, 0.1) is 0 Å². The highest BCUT2D eigenvalue weighted by atomic mass is 19.4. The van der Waals surface area contributed by atoms with Gasteiger partial charge in [-0.05, 0) is 26.8 Å². The Morgan fingerprint density at radius 2 is 1.80 bits per heavy atom. The zero-order chi connectivity index (χ0) is 12.2. The molecule has 5 heteroatoms. The number of carbonyl (C=O) groups excluding carboxylic acids is 1. The fraction of sp³-hybridized carbons (Fsp3) is 0.500. The number of esters is 1. The Kier molecular flexibility index (Phi) is 4.58. The molecule has 2 nitrogen and oxygen atoms in total. The molecule has 0 aliphatic heterocycles. The second-order valence-corrected chi connectivity index (χ2v) is 3.39. The fourth-order valence-electron chi connectivity index (χ4n) is 0.714. The van der Waals surface area contributed by atoms with Gasteiger partial charge in [0.05, 0.1) is 0 Å². The lowest BCUT2D eigenvalue weighted by molar-refractivity contribution is -0.205. The molecular formula is C10H13F3O2. The van der Waals surface area contributed by atoms with E-state index in [0.717, 1.165) is 6.08 Å². The van der Waals surface area contributed by atoms with E-state index >= 15 is 0 Å². The molecule has 1 atom stereocenters. The minimum Gasteiger partial charge on any atom is -0.445 e. The summed E-state index contributed by atoms with van der Waals surface area (Å²) in [5.41, 5.74) is 0.359. The van der Waals surface area contributed by atoms with Gasteiger partial charge in [-0.1, -0.05) is 12.2 Å². The van der Waals surface area contributed by atoms with E-state index in [1.54, 1.807) is 0 Å². The highest BCUT2D eigenvalue weighted by Crippen LogP contribution is 2.25. The highest BCUT2D eigenvalue weighted by Gasteiger charge is 2.41. The number of alkyl halides is 3. The molecule has 0 spiro atoms. The molecule has 0 saturated carbocycles. The Morgan fingerprint density at radius 3 is 2.07 bits per heavy atom. The maximum atomic E-state index is 12.4. The van der Waals surface area contributed by atoms with E-state index < -0.39 is 18.2 Å². The maximum Gasteiger partial charge on any atom is 0.429 e. The Bertz CT molecular complexity index is 286. The lowest BCUT2D eigenvalue weighted by atomic mass is 10.2. The summed E-state index contributed by atoms with van der Waals surface area (Å²) in [6.07, 6.45) is -5.95. The summed E-state index contributed by atoms with van der Waals surface area (Å²) in [6, 6.07) is 0. The second kappa shape index (κ2) is 5.00. The van der Waals surface area contributed by atoms with Crippen LogP contribution in [0.1, 0.15) is 20.8 Å².